The van der Waals surface area contributed by atoms with Gasteiger partial charge < -0.3 is 21.1 Å². The summed E-state index contributed by atoms with van der Waals surface area (Å²) in [5.74, 6) is -1.86. The van der Waals surface area contributed by atoms with Crippen molar-refractivity contribution >= 4 is 23.7 Å². The number of aliphatic hydroxyl groups excluding tert-OH is 1. The molecular formula is C22H41NO5S. The van der Waals surface area contributed by atoms with Gasteiger partial charge in [0, 0.05) is 17.4 Å². The van der Waals surface area contributed by atoms with E-state index < -0.39 is 24.1 Å². The molecule has 0 bridgehead atoms. The van der Waals surface area contributed by atoms with Crippen LogP contribution in [-0.2, 0) is 9.59 Å². The van der Waals surface area contributed by atoms with Crippen molar-refractivity contribution in [3.05, 3.63) is 12.2 Å². The van der Waals surface area contributed by atoms with Crippen LogP contribution in [-0.4, -0.2) is 50.4 Å². The normalized spacial score (nSPS) is 14.7. The molecule has 0 saturated carbocycles. The van der Waals surface area contributed by atoms with Crippen LogP contribution in [0.5, 0.6) is 0 Å². The van der Waals surface area contributed by atoms with Crippen LogP contribution in [0, 0.1) is 0 Å². The van der Waals surface area contributed by atoms with E-state index in [0.717, 1.165) is 12.8 Å². The zero-order valence-electron chi connectivity index (χ0n) is 17.9. The van der Waals surface area contributed by atoms with Gasteiger partial charge in [0.1, 0.15) is 6.04 Å². The largest absolute Gasteiger partial charge is 0.481 e. The number of hydrogen-bond acceptors (Lipinski definition) is 5. The molecule has 0 aliphatic carbocycles. The lowest BCUT2D eigenvalue weighted by Crippen LogP contribution is -2.34. The minimum atomic E-state index is -1.08. The lowest BCUT2D eigenvalue weighted by atomic mass is 10.1. The SMILES string of the molecule is CCCCCCCCCCCC/C=C\[C@@H](SCC(N)C(=O)O)[C@@H](O)CCC(=O)O. The van der Waals surface area contributed by atoms with Crippen molar-refractivity contribution in [2.45, 2.75) is 108 Å². The molecule has 3 atom stereocenters. The molecule has 170 valence electrons. The molecule has 6 nitrogen and oxygen atoms in total. The van der Waals surface area contributed by atoms with E-state index in [0.29, 0.717) is 0 Å². The van der Waals surface area contributed by atoms with Gasteiger partial charge in [0.25, 0.3) is 0 Å². The topological polar surface area (TPSA) is 121 Å². The second-order valence-corrected chi connectivity index (χ2v) is 8.85. The maximum absolute atomic E-state index is 10.9. The Balaban J connectivity index is 4.09. The lowest BCUT2D eigenvalue weighted by molar-refractivity contribution is -0.138. The number of aliphatic carboxylic acids is 2. The molecule has 1 unspecified atom stereocenters. The van der Waals surface area contributed by atoms with Crippen LogP contribution in [0.2, 0.25) is 0 Å². The summed E-state index contributed by atoms with van der Waals surface area (Å²) in [5.41, 5.74) is 5.54. The second kappa shape index (κ2) is 18.9. The van der Waals surface area contributed by atoms with Gasteiger partial charge in [-0.25, -0.2) is 0 Å². The van der Waals surface area contributed by atoms with Gasteiger partial charge in [0.05, 0.1) is 6.10 Å². The highest BCUT2D eigenvalue weighted by atomic mass is 32.2. The Morgan fingerprint density at radius 3 is 2.03 bits per heavy atom. The van der Waals surface area contributed by atoms with Crippen LogP contribution in [0.25, 0.3) is 0 Å². The highest BCUT2D eigenvalue weighted by molar-refractivity contribution is 8.00. The van der Waals surface area contributed by atoms with E-state index >= 15 is 0 Å². The number of hydrogen-bond donors (Lipinski definition) is 4. The predicted octanol–water partition coefficient (Wildman–Crippen LogP) is 4.59. The zero-order chi connectivity index (χ0) is 21.9. The molecule has 0 aliphatic rings. The van der Waals surface area contributed by atoms with Gasteiger partial charge in [-0.2, -0.15) is 0 Å². The van der Waals surface area contributed by atoms with E-state index in [1.54, 1.807) is 0 Å². The fourth-order valence-corrected chi connectivity index (χ4v) is 4.15. The third kappa shape index (κ3) is 17.5. The summed E-state index contributed by atoms with van der Waals surface area (Å²) >= 11 is 1.27. The molecule has 0 amide bonds. The molecule has 0 radical (unpaired) electrons. The summed E-state index contributed by atoms with van der Waals surface area (Å²) in [4.78, 5) is 21.6. The molecule has 0 fully saturated rings. The van der Waals surface area contributed by atoms with Crippen LogP contribution in [0.4, 0.5) is 0 Å². The molecule has 29 heavy (non-hydrogen) atoms. The minimum Gasteiger partial charge on any atom is -0.481 e. The van der Waals surface area contributed by atoms with Crippen molar-refractivity contribution in [2.75, 3.05) is 5.75 Å². The Bertz CT molecular complexity index is 458. The summed E-state index contributed by atoms with van der Waals surface area (Å²) in [7, 11) is 0. The van der Waals surface area contributed by atoms with E-state index in [-0.39, 0.29) is 23.8 Å². The molecule has 0 heterocycles. The molecule has 0 aromatic heterocycles. The van der Waals surface area contributed by atoms with E-state index in [9.17, 15) is 14.7 Å². The third-order valence-corrected chi connectivity index (χ3v) is 6.28. The molecule has 0 spiro atoms. The predicted molar refractivity (Wildman–Crippen MR) is 120 cm³/mol. The zero-order valence-corrected chi connectivity index (χ0v) is 18.7. The van der Waals surface area contributed by atoms with Crippen LogP contribution in [0.15, 0.2) is 12.2 Å². The highest BCUT2D eigenvalue weighted by Gasteiger charge is 2.21. The van der Waals surface area contributed by atoms with Crippen molar-refractivity contribution < 1.29 is 24.9 Å². The first-order valence-electron chi connectivity index (χ1n) is 11.0. The number of rotatable bonds is 20. The highest BCUT2D eigenvalue weighted by Crippen LogP contribution is 2.21. The van der Waals surface area contributed by atoms with E-state index in [2.05, 4.69) is 6.92 Å². The minimum absolute atomic E-state index is 0.116. The molecular weight excluding hydrogens is 390 g/mol. The van der Waals surface area contributed by atoms with E-state index in [1.807, 2.05) is 12.2 Å². The molecule has 0 saturated heterocycles. The maximum atomic E-state index is 10.9. The summed E-state index contributed by atoms with van der Waals surface area (Å²) in [6.07, 6.45) is 16.8. The van der Waals surface area contributed by atoms with Gasteiger partial charge in [-0.15, -0.1) is 11.8 Å². The van der Waals surface area contributed by atoms with Crippen LogP contribution < -0.4 is 5.73 Å². The van der Waals surface area contributed by atoms with Crippen molar-refractivity contribution in [3.8, 4) is 0 Å². The fraction of sp³-hybridized carbons (Fsp3) is 0.818. The fourth-order valence-electron chi connectivity index (χ4n) is 3.00. The van der Waals surface area contributed by atoms with Gasteiger partial charge in [0.15, 0.2) is 0 Å². The van der Waals surface area contributed by atoms with Crippen molar-refractivity contribution in [1.29, 1.82) is 0 Å². The Morgan fingerprint density at radius 1 is 0.966 bits per heavy atom. The van der Waals surface area contributed by atoms with Gasteiger partial charge >= 0.3 is 11.9 Å². The quantitative estimate of drug-likeness (QED) is 0.164. The second-order valence-electron chi connectivity index (χ2n) is 7.64. The number of thioether (sulfide) groups is 1. The van der Waals surface area contributed by atoms with E-state index in [4.69, 9.17) is 15.9 Å². The number of carboxylic acids is 2. The maximum Gasteiger partial charge on any atom is 0.321 e. The molecule has 7 heteroatoms. The van der Waals surface area contributed by atoms with Gasteiger partial charge in [-0.05, 0) is 19.3 Å². The standard InChI is InChI=1S/C22H41NO5S/c1-2-3-4-5-6-7-8-9-10-11-12-13-14-20(19(24)15-16-21(25)26)29-17-18(23)22(27)28/h13-14,18-20,24H,2-12,15-17,23H2,1H3,(H,25,26)(H,27,28)/b14-13-/t18?,19-,20+/m0/s1. The van der Waals surface area contributed by atoms with Gasteiger partial charge in [-0.1, -0.05) is 76.9 Å². The number of nitrogens with two attached hydrogens (primary N) is 1. The van der Waals surface area contributed by atoms with Crippen LogP contribution >= 0.6 is 11.8 Å². The third-order valence-electron chi connectivity index (χ3n) is 4.87. The van der Waals surface area contributed by atoms with Gasteiger partial charge in [-0.3, -0.25) is 9.59 Å². The molecule has 0 aliphatic heterocycles. The lowest BCUT2D eigenvalue weighted by Gasteiger charge is -2.20. The first-order valence-corrected chi connectivity index (χ1v) is 12.1. The van der Waals surface area contributed by atoms with Gasteiger partial charge in [0.2, 0.25) is 0 Å². The summed E-state index contributed by atoms with van der Waals surface area (Å²) in [6, 6.07) is -0.996. The number of carbonyl (C=O) groups is 2. The monoisotopic (exact) mass is 431 g/mol. The Hall–Kier alpha value is -1.05. The molecule has 5 N–H and O–H groups in total. The summed E-state index contributed by atoms with van der Waals surface area (Å²) in [6.45, 7) is 2.23. The first kappa shape index (κ1) is 27.9. The summed E-state index contributed by atoms with van der Waals surface area (Å²) < 4.78 is 0. The average Bonchev–Trinajstić information content (AvgIpc) is 2.68. The van der Waals surface area contributed by atoms with E-state index in [1.165, 1.54) is 69.5 Å². The Labute approximate surface area is 180 Å². The number of allylic oxidation sites excluding steroid dienone is 1. The molecule has 0 aromatic rings. The molecule has 0 aromatic carbocycles. The Morgan fingerprint density at radius 2 is 1.52 bits per heavy atom. The Kier molecular flexibility index (Phi) is 18.3. The van der Waals surface area contributed by atoms with Crippen molar-refractivity contribution in [2.24, 2.45) is 5.73 Å². The van der Waals surface area contributed by atoms with Crippen LogP contribution in [0.1, 0.15) is 90.4 Å². The van der Waals surface area contributed by atoms with Crippen LogP contribution in [0.3, 0.4) is 0 Å². The first-order chi connectivity index (χ1) is 13.9. The van der Waals surface area contributed by atoms with Crippen molar-refractivity contribution in [1.82, 2.24) is 0 Å². The number of aliphatic hydroxyl groups is 1. The number of unbranched alkanes of at least 4 members (excludes halogenated alkanes) is 10. The van der Waals surface area contributed by atoms with Crippen molar-refractivity contribution in [3.63, 3.8) is 0 Å². The summed E-state index contributed by atoms with van der Waals surface area (Å²) in [5, 5.41) is 27.6. The molecule has 0 rings (SSSR count). The smallest absolute Gasteiger partial charge is 0.321 e. The number of carboxylic acid groups (broad SMARTS) is 2. The average molecular weight is 432 g/mol.